The molecule has 0 N–H and O–H groups in total. The Bertz CT molecular complexity index is 471. The number of hydrogen-bond acceptors (Lipinski definition) is 1. The second kappa shape index (κ2) is 23.3. The number of thiophene rings is 1. The number of hydrogen-bond donors (Lipinski definition) is 0. The molecule has 1 heterocycles. The molecule has 0 atom stereocenters. The summed E-state index contributed by atoms with van der Waals surface area (Å²) >= 11 is 3.38. The van der Waals surface area contributed by atoms with Gasteiger partial charge in [0.05, 0.1) is 0 Å². The van der Waals surface area contributed by atoms with Crippen LogP contribution in [0.15, 0.2) is 12.1 Å². The van der Waals surface area contributed by atoms with Crippen molar-refractivity contribution in [2.24, 2.45) is 5.92 Å². The van der Waals surface area contributed by atoms with Crippen LogP contribution in [0, 0.1) is 5.92 Å². The Hall–Kier alpha value is 0.499. The summed E-state index contributed by atoms with van der Waals surface area (Å²) in [5.41, 5.74) is 0. The third kappa shape index (κ3) is 18.9. The van der Waals surface area contributed by atoms with E-state index in [-0.39, 0.29) is 0 Å². The fourth-order valence-electron chi connectivity index (χ4n) is 4.98. The van der Waals surface area contributed by atoms with Gasteiger partial charge in [-0.3, -0.25) is 0 Å². The molecule has 0 spiro atoms. The summed E-state index contributed by atoms with van der Waals surface area (Å²) in [5, 5.41) is 0. The van der Waals surface area contributed by atoms with Gasteiger partial charge < -0.3 is 0 Å². The van der Waals surface area contributed by atoms with Gasteiger partial charge in [-0.25, -0.2) is 0 Å². The van der Waals surface area contributed by atoms with Crippen LogP contribution < -0.4 is 2.89 Å². The molecule has 0 saturated heterocycles. The van der Waals surface area contributed by atoms with Crippen LogP contribution in [0.2, 0.25) is 0 Å². The maximum absolute atomic E-state index is 2.43. The zero-order valence-corrected chi connectivity index (χ0v) is 26.1. The molecule has 0 bridgehead atoms. The van der Waals surface area contributed by atoms with Gasteiger partial charge in [0.25, 0.3) is 0 Å². The van der Waals surface area contributed by atoms with Crippen molar-refractivity contribution in [3.8, 4) is 0 Å². The molecule has 0 amide bonds. The van der Waals surface area contributed by atoms with Crippen LogP contribution in [0.4, 0.5) is 0 Å². The van der Waals surface area contributed by atoms with E-state index in [9.17, 15) is 0 Å². The van der Waals surface area contributed by atoms with Crippen LogP contribution in [0.25, 0.3) is 0 Å². The molecule has 186 valence electrons. The van der Waals surface area contributed by atoms with Gasteiger partial charge in [0.2, 0.25) is 0 Å². The fraction of sp³-hybridized carbons (Fsp3) is 0.867. The topological polar surface area (TPSA) is 0 Å². The SMILES string of the molecule is CCCCCCCCCCCCC(CCCCCCCCCCCC)Cc1cc[c]([SnH])s1. The van der Waals surface area contributed by atoms with E-state index >= 15 is 0 Å². The summed E-state index contributed by atoms with van der Waals surface area (Å²) in [6.45, 7) is 4.62. The molecule has 0 nitrogen and oxygen atoms in total. The molecule has 32 heavy (non-hydrogen) atoms. The summed E-state index contributed by atoms with van der Waals surface area (Å²) in [5.74, 6) is 0.941. The van der Waals surface area contributed by atoms with Gasteiger partial charge in [-0.2, -0.15) is 0 Å². The summed E-state index contributed by atoms with van der Waals surface area (Å²) in [7, 11) is 0. The Labute approximate surface area is 220 Å². The van der Waals surface area contributed by atoms with E-state index in [1.54, 1.807) is 7.77 Å². The molecule has 0 fully saturated rings. The second-order valence-corrected chi connectivity index (χ2v) is 14.5. The van der Waals surface area contributed by atoms with Crippen molar-refractivity contribution in [2.45, 2.75) is 162 Å². The molecule has 2 radical (unpaired) electrons. The summed E-state index contributed by atoms with van der Waals surface area (Å²) in [4.78, 5) is 1.66. The number of rotatable bonds is 24. The maximum atomic E-state index is 2.43. The monoisotopic (exact) mass is 568 g/mol. The van der Waals surface area contributed by atoms with E-state index < -0.39 is 0 Å². The average molecular weight is 568 g/mol. The molecule has 0 aliphatic rings. The fourth-order valence-corrected chi connectivity index (χ4v) is 7.44. The first kappa shape index (κ1) is 30.5. The van der Waals surface area contributed by atoms with Crippen LogP contribution >= 0.6 is 11.3 Å². The molecule has 1 aromatic heterocycles. The van der Waals surface area contributed by atoms with Crippen molar-refractivity contribution in [1.82, 2.24) is 0 Å². The molecular formula is C30H56SSn. The predicted octanol–water partition coefficient (Wildman–Crippen LogP) is 10.1. The molecule has 1 rings (SSSR count). The second-order valence-electron chi connectivity index (χ2n) is 10.3. The van der Waals surface area contributed by atoms with Crippen molar-refractivity contribution in [1.29, 1.82) is 0 Å². The Morgan fingerprint density at radius 1 is 0.562 bits per heavy atom. The van der Waals surface area contributed by atoms with Crippen molar-refractivity contribution in [2.75, 3.05) is 0 Å². The summed E-state index contributed by atoms with van der Waals surface area (Å²) < 4.78 is 1.61. The van der Waals surface area contributed by atoms with E-state index in [1.807, 2.05) is 0 Å². The molecule has 2 heteroatoms. The van der Waals surface area contributed by atoms with E-state index in [0.717, 1.165) is 5.92 Å². The van der Waals surface area contributed by atoms with Crippen LogP contribution in [0.5, 0.6) is 0 Å². The molecule has 1 aromatic rings. The summed E-state index contributed by atoms with van der Waals surface area (Å²) in [6.07, 6.45) is 33.5. The zero-order chi connectivity index (χ0) is 23.1. The first-order chi connectivity index (χ1) is 15.8. The minimum atomic E-state index is 0.941. The Balaban J connectivity index is 2.11. The Morgan fingerprint density at radius 2 is 0.938 bits per heavy atom. The molecule has 0 aliphatic carbocycles. The van der Waals surface area contributed by atoms with E-state index in [4.69, 9.17) is 0 Å². The van der Waals surface area contributed by atoms with E-state index in [2.05, 4.69) is 37.3 Å². The zero-order valence-electron chi connectivity index (χ0n) is 22.0. The van der Waals surface area contributed by atoms with Gasteiger partial charge in [0, 0.05) is 0 Å². The van der Waals surface area contributed by atoms with Crippen LogP contribution in [0.3, 0.4) is 0 Å². The van der Waals surface area contributed by atoms with Gasteiger partial charge in [-0.05, 0) is 0 Å². The molecule has 0 saturated carbocycles. The van der Waals surface area contributed by atoms with E-state index in [0.29, 0.717) is 0 Å². The standard InChI is InChI=1S/C30H55S.Sn.H/c1-3-5-7-9-11-13-15-17-19-21-24-29(28-30-26-23-27-31-30)25-22-20-18-16-14-12-10-8-6-4-2;;/h23,26,29H,3-22,24-25,28H2,1-2H3;;. The number of unbranched alkanes of at least 4 members (excludes halogenated alkanes) is 18. The first-order valence-corrected chi connectivity index (χ1v) is 17.1. The Kier molecular flexibility index (Phi) is 22.2. The Morgan fingerprint density at radius 3 is 1.28 bits per heavy atom. The van der Waals surface area contributed by atoms with Gasteiger partial charge in [-0.1, -0.05) is 65.2 Å². The molecule has 0 aromatic carbocycles. The molecule has 0 unspecified atom stereocenters. The predicted molar refractivity (Wildman–Crippen MR) is 151 cm³/mol. The summed E-state index contributed by atoms with van der Waals surface area (Å²) in [6, 6.07) is 4.80. The quantitative estimate of drug-likeness (QED) is 0.0862. The minimum absolute atomic E-state index is 0.941. The third-order valence-corrected chi connectivity index (χ3v) is 9.60. The van der Waals surface area contributed by atoms with Crippen molar-refractivity contribution in [3.63, 3.8) is 0 Å². The van der Waals surface area contributed by atoms with Crippen molar-refractivity contribution in [3.05, 3.63) is 17.0 Å². The van der Waals surface area contributed by atoms with Gasteiger partial charge in [0.15, 0.2) is 0 Å². The van der Waals surface area contributed by atoms with Crippen molar-refractivity contribution < 1.29 is 0 Å². The van der Waals surface area contributed by atoms with Gasteiger partial charge >= 0.3 is 156 Å². The molecular weight excluding hydrogens is 511 g/mol. The van der Waals surface area contributed by atoms with Crippen molar-refractivity contribution >= 4 is 36.8 Å². The average Bonchev–Trinajstić information content (AvgIpc) is 3.20. The first-order valence-electron chi connectivity index (χ1n) is 14.6. The van der Waals surface area contributed by atoms with Gasteiger partial charge in [0.1, 0.15) is 0 Å². The molecule has 0 aliphatic heterocycles. The van der Waals surface area contributed by atoms with Gasteiger partial charge in [-0.15, -0.1) is 0 Å². The normalized spacial score (nSPS) is 11.6. The van der Waals surface area contributed by atoms with Crippen LogP contribution in [-0.2, 0) is 6.42 Å². The van der Waals surface area contributed by atoms with Crippen LogP contribution in [-0.4, -0.2) is 22.5 Å². The third-order valence-electron chi connectivity index (χ3n) is 7.10. The van der Waals surface area contributed by atoms with Crippen LogP contribution in [0.1, 0.15) is 160 Å². The van der Waals surface area contributed by atoms with E-state index in [1.165, 1.54) is 170 Å².